The first-order valence-corrected chi connectivity index (χ1v) is 10.7. The molecule has 1 aromatic heterocycles. The minimum absolute atomic E-state index is 0.0114. The highest BCUT2D eigenvalue weighted by Gasteiger charge is 2.30. The Hall–Kier alpha value is -3.03. The average Bonchev–Trinajstić information content (AvgIpc) is 3.55. The number of likely N-dealkylation sites (tertiary alicyclic amines) is 1. The van der Waals surface area contributed by atoms with Gasteiger partial charge in [-0.2, -0.15) is 4.98 Å². The fraction of sp³-hybridized carbons (Fsp3) is 0.522. The van der Waals surface area contributed by atoms with Crippen LogP contribution in [0, 0.1) is 5.92 Å². The van der Waals surface area contributed by atoms with E-state index in [1.165, 1.54) is 0 Å². The number of piperidine rings is 1. The monoisotopic (exact) mass is 427 g/mol. The van der Waals surface area contributed by atoms with Crippen LogP contribution in [0.2, 0.25) is 0 Å². The van der Waals surface area contributed by atoms with Gasteiger partial charge >= 0.3 is 0 Å². The van der Waals surface area contributed by atoms with Gasteiger partial charge < -0.3 is 23.6 Å². The van der Waals surface area contributed by atoms with Gasteiger partial charge in [0, 0.05) is 31.5 Å². The van der Waals surface area contributed by atoms with Gasteiger partial charge in [-0.25, -0.2) is 0 Å². The van der Waals surface area contributed by atoms with Crippen molar-refractivity contribution in [1.82, 2.24) is 15.0 Å². The molecule has 2 aliphatic rings. The third-order valence-corrected chi connectivity index (χ3v) is 5.83. The largest absolute Gasteiger partial charge is 0.493 e. The Bertz CT molecular complexity index is 925. The number of carbonyl (C=O) groups excluding carboxylic acids is 1. The van der Waals surface area contributed by atoms with Crippen LogP contribution in [0.4, 0.5) is 0 Å². The quantitative estimate of drug-likeness (QED) is 0.596. The van der Waals surface area contributed by atoms with Gasteiger partial charge in [0.1, 0.15) is 0 Å². The van der Waals surface area contributed by atoms with Gasteiger partial charge in [0.25, 0.3) is 0 Å². The van der Waals surface area contributed by atoms with E-state index in [-0.39, 0.29) is 5.91 Å². The van der Waals surface area contributed by atoms with Gasteiger partial charge in [0.05, 0.1) is 21.3 Å². The van der Waals surface area contributed by atoms with E-state index >= 15 is 0 Å². The summed E-state index contributed by atoms with van der Waals surface area (Å²) in [4.78, 5) is 19.2. The lowest BCUT2D eigenvalue weighted by atomic mass is 9.94. The molecule has 1 aliphatic carbocycles. The van der Waals surface area contributed by atoms with Crippen LogP contribution in [0.1, 0.15) is 48.9 Å². The van der Waals surface area contributed by atoms with E-state index in [2.05, 4.69) is 10.1 Å². The maximum Gasteiger partial charge on any atom is 0.246 e. The fourth-order valence-corrected chi connectivity index (χ4v) is 4.01. The smallest absolute Gasteiger partial charge is 0.246 e. The van der Waals surface area contributed by atoms with Crippen LogP contribution in [0.3, 0.4) is 0 Å². The number of hydrogen-bond donors (Lipinski definition) is 0. The van der Waals surface area contributed by atoms with Gasteiger partial charge in [-0.05, 0) is 55.4 Å². The van der Waals surface area contributed by atoms with Crippen molar-refractivity contribution in [3.63, 3.8) is 0 Å². The Morgan fingerprint density at radius 2 is 1.90 bits per heavy atom. The summed E-state index contributed by atoms with van der Waals surface area (Å²) in [5.41, 5.74) is 0.801. The standard InChI is InChI=1S/C23H29N3O5/c1-28-18-11-15(12-19(29-2)22(18)30-3)6-9-21(27)26-10-4-5-16(14-26)13-20-24-23(25-31-20)17-7-8-17/h6,9,11-12,16-17H,4-5,7-8,10,13-14H2,1-3H3/b9-6-. The van der Waals surface area contributed by atoms with Crippen molar-refractivity contribution in [2.24, 2.45) is 5.92 Å². The van der Waals surface area contributed by atoms with Crippen molar-refractivity contribution in [3.05, 3.63) is 35.5 Å². The molecular formula is C23H29N3O5. The first-order valence-electron chi connectivity index (χ1n) is 10.7. The summed E-state index contributed by atoms with van der Waals surface area (Å²) >= 11 is 0. The summed E-state index contributed by atoms with van der Waals surface area (Å²) in [6, 6.07) is 3.63. The van der Waals surface area contributed by atoms with Crippen molar-refractivity contribution >= 4 is 12.0 Å². The second-order valence-corrected chi connectivity index (χ2v) is 8.11. The molecule has 1 aliphatic heterocycles. The predicted molar refractivity (Wildman–Crippen MR) is 114 cm³/mol. The van der Waals surface area contributed by atoms with E-state index in [0.717, 1.165) is 50.0 Å². The van der Waals surface area contributed by atoms with Crippen LogP contribution in [0.5, 0.6) is 17.2 Å². The zero-order valence-electron chi connectivity index (χ0n) is 18.3. The number of benzene rings is 1. The molecule has 166 valence electrons. The van der Waals surface area contributed by atoms with Crippen LogP contribution in [0.25, 0.3) is 6.08 Å². The summed E-state index contributed by atoms with van der Waals surface area (Å²) in [6.45, 7) is 1.45. The summed E-state index contributed by atoms with van der Waals surface area (Å²) in [6.07, 6.45) is 8.43. The minimum Gasteiger partial charge on any atom is -0.493 e. The lowest BCUT2D eigenvalue weighted by molar-refractivity contribution is -0.127. The SMILES string of the molecule is COc1cc(/C=C\C(=O)N2CCCC(Cc3nc(C4CC4)no3)C2)cc(OC)c1OC. The molecule has 8 heteroatoms. The van der Waals surface area contributed by atoms with Crippen LogP contribution in [-0.2, 0) is 11.2 Å². The van der Waals surface area contributed by atoms with E-state index < -0.39 is 0 Å². The molecule has 1 aromatic carbocycles. The first kappa shape index (κ1) is 21.2. The molecule has 1 saturated heterocycles. The molecule has 8 nitrogen and oxygen atoms in total. The van der Waals surface area contributed by atoms with Crippen molar-refractivity contribution in [2.45, 2.75) is 38.0 Å². The second kappa shape index (κ2) is 9.41. The highest BCUT2D eigenvalue weighted by molar-refractivity contribution is 5.92. The van der Waals surface area contributed by atoms with Crippen molar-refractivity contribution in [1.29, 1.82) is 0 Å². The van der Waals surface area contributed by atoms with Crippen molar-refractivity contribution < 1.29 is 23.5 Å². The molecule has 2 heterocycles. The highest BCUT2D eigenvalue weighted by atomic mass is 16.5. The molecule has 0 bridgehead atoms. The summed E-state index contributed by atoms with van der Waals surface area (Å²) < 4.78 is 21.5. The molecule has 1 amide bonds. The van der Waals surface area contributed by atoms with E-state index in [0.29, 0.717) is 41.5 Å². The lowest BCUT2D eigenvalue weighted by Crippen LogP contribution is -2.39. The first-order chi connectivity index (χ1) is 15.1. The number of hydrogen-bond acceptors (Lipinski definition) is 7. The van der Waals surface area contributed by atoms with E-state index in [1.54, 1.807) is 33.5 Å². The Morgan fingerprint density at radius 1 is 1.16 bits per heavy atom. The van der Waals surface area contributed by atoms with Crippen molar-refractivity contribution in [3.8, 4) is 17.2 Å². The lowest BCUT2D eigenvalue weighted by Gasteiger charge is -2.31. The summed E-state index contributed by atoms with van der Waals surface area (Å²) in [5.74, 6) is 3.97. The number of carbonyl (C=O) groups is 1. The van der Waals surface area contributed by atoms with Gasteiger partial charge in [-0.1, -0.05) is 5.16 Å². The minimum atomic E-state index is -0.0114. The number of methoxy groups -OCH3 is 3. The summed E-state index contributed by atoms with van der Waals surface area (Å²) in [5, 5.41) is 4.09. The maximum absolute atomic E-state index is 12.8. The van der Waals surface area contributed by atoms with Gasteiger partial charge in [0.15, 0.2) is 17.3 Å². The third kappa shape index (κ3) is 5.00. The zero-order valence-corrected chi connectivity index (χ0v) is 18.3. The number of amides is 1. The molecule has 0 N–H and O–H groups in total. The van der Waals surface area contributed by atoms with Crippen LogP contribution in [-0.4, -0.2) is 55.4 Å². The number of aromatic nitrogens is 2. The molecule has 0 radical (unpaired) electrons. The average molecular weight is 428 g/mol. The number of ether oxygens (including phenoxy) is 3. The molecule has 2 fully saturated rings. The Labute approximate surface area is 182 Å². The molecule has 1 unspecified atom stereocenters. The predicted octanol–water partition coefficient (Wildman–Crippen LogP) is 3.47. The van der Waals surface area contributed by atoms with Crippen LogP contribution < -0.4 is 14.2 Å². The topological polar surface area (TPSA) is 86.9 Å². The zero-order chi connectivity index (χ0) is 21.8. The van der Waals surface area contributed by atoms with Gasteiger partial charge in [-0.3, -0.25) is 4.79 Å². The Kier molecular flexibility index (Phi) is 6.44. The second-order valence-electron chi connectivity index (χ2n) is 8.11. The van der Waals surface area contributed by atoms with Crippen LogP contribution in [0.15, 0.2) is 22.7 Å². The van der Waals surface area contributed by atoms with E-state index in [9.17, 15) is 4.79 Å². The highest BCUT2D eigenvalue weighted by Crippen LogP contribution is 2.39. The van der Waals surface area contributed by atoms with E-state index in [1.807, 2.05) is 17.0 Å². The molecule has 31 heavy (non-hydrogen) atoms. The summed E-state index contributed by atoms with van der Waals surface area (Å²) in [7, 11) is 4.70. The number of nitrogens with zero attached hydrogens (tertiary/aromatic N) is 3. The fourth-order valence-electron chi connectivity index (χ4n) is 4.01. The maximum atomic E-state index is 12.8. The molecule has 0 spiro atoms. The molecular weight excluding hydrogens is 398 g/mol. The molecule has 4 rings (SSSR count). The van der Waals surface area contributed by atoms with Crippen LogP contribution >= 0.6 is 0 Å². The van der Waals surface area contributed by atoms with Crippen molar-refractivity contribution in [2.75, 3.05) is 34.4 Å². The van der Waals surface area contributed by atoms with Gasteiger partial charge in [0.2, 0.25) is 17.5 Å². The molecule has 1 atom stereocenters. The third-order valence-electron chi connectivity index (χ3n) is 5.83. The Morgan fingerprint density at radius 3 is 2.55 bits per heavy atom. The molecule has 1 saturated carbocycles. The number of rotatable bonds is 8. The van der Waals surface area contributed by atoms with E-state index in [4.69, 9.17) is 18.7 Å². The molecule has 2 aromatic rings. The van der Waals surface area contributed by atoms with Gasteiger partial charge in [-0.15, -0.1) is 0 Å². The Balaban J connectivity index is 1.38. The normalized spacial score (nSPS) is 18.9.